The van der Waals surface area contributed by atoms with Crippen molar-refractivity contribution < 1.29 is 0 Å². The Labute approximate surface area is 89.4 Å². The highest BCUT2D eigenvalue weighted by Crippen LogP contribution is 2.20. The number of rotatable bonds is 0. The zero-order valence-corrected chi connectivity index (χ0v) is 8.99. The molecule has 0 radical (unpaired) electrons. The summed E-state index contributed by atoms with van der Waals surface area (Å²) in [4.78, 5) is 4.30. The summed E-state index contributed by atoms with van der Waals surface area (Å²) in [6.07, 6.45) is 9.38. The summed E-state index contributed by atoms with van der Waals surface area (Å²) in [6, 6.07) is 0. The summed E-state index contributed by atoms with van der Waals surface area (Å²) in [7, 11) is 0. The van der Waals surface area contributed by atoms with Crippen LogP contribution in [0.4, 0.5) is 0 Å². The van der Waals surface area contributed by atoms with Gasteiger partial charge >= 0.3 is 0 Å². The molecule has 5 N–H and O–H groups in total. The predicted octanol–water partition coefficient (Wildman–Crippen LogP) is 0.390. The van der Waals surface area contributed by atoms with Gasteiger partial charge in [0.1, 0.15) is 5.66 Å². The SMILES string of the molecule is CC1(N)C=CC2=C(C=C1)NC(C)(N)C=N2. The van der Waals surface area contributed by atoms with Crippen LogP contribution in [0.1, 0.15) is 13.8 Å². The Kier molecular flexibility index (Phi) is 2.06. The third-order valence-corrected chi connectivity index (χ3v) is 2.36. The molecule has 1 heterocycles. The quantitative estimate of drug-likeness (QED) is 0.534. The van der Waals surface area contributed by atoms with Gasteiger partial charge in [-0.05, 0) is 26.0 Å². The second kappa shape index (κ2) is 3.05. The van der Waals surface area contributed by atoms with Crippen molar-refractivity contribution in [1.29, 1.82) is 0 Å². The van der Waals surface area contributed by atoms with Gasteiger partial charge < -0.3 is 16.8 Å². The zero-order valence-electron chi connectivity index (χ0n) is 8.99. The van der Waals surface area contributed by atoms with Crippen molar-refractivity contribution in [2.45, 2.75) is 25.0 Å². The van der Waals surface area contributed by atoms with Crippen LogP contribution in [-0.4, -0.2) is 17.4 Å². The average Bonchev–Trinajstić information content (AvgIpc) is 2.25. The maximum atomic E-state index is 5.99. The van der Waals surface area contributed by atoms with Crippen LogP contribution in [0.2, 0.25) is 0 Å². The van der Waals surface area contributed by atoms with E-state index in [4.69, 9.17) is 11.5 Å². The molecule has 15 heavy (non-hydrogen) atoms. The van der Waals surface area contributed by atoms with Crippen molar-refractivity contribution >= 4 is 6.21 Å². The molecule has 2 rings (SSSR count). The summed E-state index contributed by atoms with van der Waals surface area (Å²) in [5.74, 6) is 0. The van der Waals surface area contributed by atoms with Crippen molar-refractivity contribution in [1.82, 2.24) is 5.32 Å². The monoisotopic (exact) mass is 204 g/mol. The molecule has 2 aliphatic rings. The van der Waals surface area contributed by atoms with Crippen LogP contribution in [0.15, 0.2) is 40.7 Å². The highest BCUT2D eigenvalue weighted by atomic mass is 15.1. The minimum absolute atomic E-state index is 0.431. The maximum Gasteiger partial charge on any atom is 0.120 e. The lowest BCUT2D eigenvalue weighted by Crippen LogP contribution is -2.53. The molecule has 0 bridgehead atoms. The van der Waals surface area contributed by atoms with E-state index in [0.29, 0.717) is 0 Å². The molecule has 0 aromatic rings. The molecule has 0 aromatic heterocycles. The van der Waals surface area contributed by atoms with Crippen LogP contribution in [0.25, 0.3) is 0 Å². The van der Waals surface area contributed by atoms with E-state index in [1.54, 1.807) is 6.21 Å². The molecule has 0 amide bonds. The molecule has 1 aliphatic heterocycles. The van der Waals surface area contributed by atoms with Gasteiger partial charge in [-0.3, -0.25) is 4.99 Å². The first-order valence-electron chi connectivity index (χ1n) is 4.92. The molecule has 0 spiro atoms. The summed E-state index contributed by atoms with van der Waals surface area (Å²) in [5, 5.41) is 3.19. The smallest absolute Gasteiger partial charge is 0.120 e. The van der Waals surface area contributed by atoms with E-state index >= 15 is 0 Å². The van der Waals surface area contributed by atoms with E-state index < -0.39 is 11.2 Å². The number of hydrogen-bond donors (Lipinski definition) is 3. The second-order valence-corrected chi connectivity index (χ2v) is 4.50. The minimum atomic E-state index is -0.591. The van der Waals surface area contributed by atoms with Gasteiger partial charge in [0.05, 0.1) is 16.9 Å². The lowest BCUT2D eigenvalue weighted by molar-refractivity contribution is 0.546. The molecular formula is C11H16N4. The van der Waals surface area contributed by atoms with Gasteiger partial charge in [-0.1, -0.05) is 12.2 Å². The van der Waals surface area contributed by atoms with Crippen molar-refractivity contribution in [2.24, 2.45) is 16.5 Å². The van der Waals surface area contributed by atoms with Crippen LogP contribution in [0.3, 0.4) is 0 Å². The van der Waals surface area contributed by atoms with Crippen LogP contribution in [0, 0.1) is 0 Å². The lowest BCUT2D eigenvalue weighted by Gasteiger charge is -2.27. The summed E-state index contributed by atoms with van der Waals surface area (Å²) in [6.45, 7) is 3.80. The molecule has 0 saturated heterocycles. The fraction of sp³-hybridized carbons (Fsp3) is 0.364. The van der Waals surface area contributed by atoms with Crippen LogP contribution in [0.5, 0.6) is 0 Å². The topological polar surface area (TPSA) is 76.4 Å². The fourth-order valence-corrected chi connectivity index (χ4v) is 1.50. The zero-order chi connectivity index (χ0) is 11.1. The Bertz CT molecular complexity index is 397. The normalized spacial score (nSPS) is 38.7. The Morgan fingerprint density at radius 1 is 1.20 bits per heavy atom. The van der Waals surface area contributed by atoms with Crippen LogP contribution < -0.4 is 16.8 Å². The Morgan fingerprint density at radius 3 is 2.60 bits per heavy atom. The highest BCUT2D eigenvalue weighted by molar-refractivity contribution is 5.73. The van der Waals surface area contributed by atoms with Crippen molar-refractivity contribution in [3.05, 3.63) is 35.7 Å². The minimum Gasteiger partial charge on any atom is -0.361 e. The summed E-state index contributed by atoms with van der Waals surface area (Å²) >= 11 is 0. The summed E-state index contributed by atoms with van der Waals surface area (Å²) < 4.78 is 0. The lowest BCUT2D eigenvalue weighted by atomic mass is 10.0. The molecule has 1 aliphatic carbocycles. The van der Waals surface area contributed by atoms with E-state index in [1.807, 2.05) is 38.2 Å². The number of hydrogen-bond acceptors (Lipinski definition) is 4. The van der Waals surface area contributed by atoms with Gasteiger partial charge in [0, 0.05) is 6.21 Å². The molecule has 0 saturated carbocycles. The average molecular weight is 204 g/mol. The number of nitrogens with two attached hydrogens (primary N) is 2. The highest BCUT2D eigenvalue weighted by Gasteiger charge is 2.23. The molecular weight excluding hydrogens is 188 g/mol. The fourth-order valence-electron chi connectivity index (χ4n) is 1.50. The molecule has 2 atom stereocenters. The molecule has 0 fully saturated rings. The van der Waals surface area contributed by atoms with Crippen molar-refractivity contribution in [3.63, 3.8) is 0 Å². The first kappa shape index (κ1) is 10.1. The van der Waals surface area contributed by atoms with Gasteiger partial charge in [-0.2, -0.15) is 0 Å². The molecule has 4 nitrogen and oxygen atoms in total. The second-order valence-electron chi connectivity index (χ2n) is 4.50. The van der Waals surface area contributed by atoms with Crippen molar-refractivity contribution in [3.8, 4) is 0 Å². The van der Waals surface area contributed by atoms with Crippen LogP contribution >= 0.6 is 0 Å². The van der Waals surface area contributed by atoms with E-state index in [2.05, 4.69) is 10.3 Å². The molecule has 2 unspecified atom stereocenters. The third kappa shape index (κ3) is 2.16. The number of allylic oxidation sites excluding steroid dienone is 2. The third-order valence-electron chi connectivity index (χ3n) is 2.36. The molecule has 4 heteroatoms. The first-order chi connectivity index (χ1) is 6.88. The van der Waals surface area contributed by atoms with Gasteiger partial charge in [0.25, 0.3) is 0 Å². The summed E-state index contributed by atoms with van der Waals surface area (Å²) in [5.41, 5.74) is 12.7. The number of nitrogens with one attached hydrogen (secondary N) is 1. The molecule has 0 aromatic carbocycles. The molecule has 80 valence electrons. The Hall–Kier alpha value is -1.39. The largest absolute Gasteiger partial charge is 0.361 e. The van der Waals surface area contributed by atoms with Gasteiger partial charge in [0.15, 0.2) is 0 Å². The van der Waals surface area contributed by atoms with E-state index in [9.17, 15) is 0 Å². The number of nitrogens with zero attached hydrogens (tertiary/aromatic N) is 1. The van der Waals surface area contributed by atoms with Gasteiger partial charge in [-0.15, -0.1) is 0 Å². The Morgan fingerprint density at radius 2 is 1.87 bits per heavy atom. The van der Waals surface area contributed by atoms with E-state index in [-0.39, 0.29) is 0 Å². The number of aliphatic imine (C=N–C) groups is 1. The van der Waals surface area contributed by atoms with Gasteiger partial charge in [0.2, 0.25) is 0 Å². The van der Waals surface area contributed by atoms with Crippen molar-refractivity contribution in [2.75, 3.05) is 0 Å². The van der Waals surface area contributed by atoms with E-state index in [1.165, 1.54) is 0 Å². The van der Waals surface area contributed by atoms with E-state index in [0.717, 1.165) is 11.4 Å². The predicted molar refractivity (Wildman–Crippen MR) is 62.1 cm³/mol. The van der Waals surface area contributed by atoms with Gasteiger partial charge in [-0.25, -0.2) is 0 Å². The maximum absolute atomic E-state index is 5.99. The first-order valence-corrected chi connectivity index (χ1v) is 4.92. The Balaban J connectivity index is 2.37. The van der Waals surface area contributed by atoms with Crippen LogP contribution in [-0.2, 0) is 0 Å². The standard InChI is InChI=1S/C11H16N4/c1-10(12)5-3-8-9(4-6-10)15-11(2,13)7-14-8/h3-7,15H,12-13H2,1-2H3.